The molecule has 0 radical (unpaired) electrons. The fourth-order valence-corrected chi connectivity index (χ4v) is 4.89. The molecule has 34 heavy (non-hydrogen) atoms. The van der Waals surface area contributed by atoms with Crippen LogP contribution in [-0.4, -0.2) is 27.5 Å². The zero-order valence-corrected chi connectivity index (χ0v) is 19.3. The molecule has 1 heterocycles. The minimum Gasteiger partial charge on any atom is -0.325 e. The monoisotopic (exact) mass is 490 g/mol. The van der Waals surface area contributed by atoms with Gasteiger partial charge in [-0.15, -0.1) is 11.3 Å². The molecule has 0 fully saturated rings. The van der Waals surface area contributed by atoms with Crippen molar-refractivity contribution in [2.45, 2.75) is 4.34 Å². The Bertz CT molecular complexity index is 1390. The van der Waals surface area contributed by atoms with Crippen molar-refractivity contribution < 1.29 is 14.5 Å². The van der Waals surface area contributed by atoms with Gasteiger partial charge in [0.05, 0.1) is 20.9 Å². The first-order chi connectivity index (χ1) is 16.5. The standard InChI is InChI=1S/C24H18N4O4S2/c29-22(12-9-16-5-2-1-3-6-16)25-18-10-11-20-21(14-18)34-24(27-20)33-15-23(30)26-17-7-4-8-19(13-17)28(31)32/h1-14H,15H2,(H,25,29)(H,26,30)/b12-9+. The van der Waals surface area contributed by atoms with E-state index in [2.05, 4.69) is 15.6 Å². The molecule has 0 aliphatic carbocycles. The average molecular weight is 491 g/mol. The van der Waals surface area contributed by atoms with E-state index >= 15 is 0 Å². The molecule has 170 valence electrons. The molecule has 8 nitrogen and oxygen atoms in total. The summed E-state index contributed by atoms with van der Waals surface area (Å²) in [7, 11) is 0. The van der Waals surface area contributed by atoms with Gasteiger partial charge in [-0.25, -0.2) is 4.98 Å². The molecule has 0 saturated carbocycles. The molecule has 4 rings (SSSR count). The quantitative estimate of drug-likeness (QED) is 0.144. The van der Waals surface area contributed by atoms with Crippen molar-refractivity contribution in [2.75, 3.05) is 16.4 Å². The zero-order chi connectivity index (χ0) is 23.9. The maximum Gasteiger partial charge on any atom is 0.271 e. The highest BCUT2D eigenvalue weighted by Gasteiger charge is 2.11. The largest absolute Gasteiger partial charge is 0.325 e. The molecule has 0 aliphatic heterocycles. The summed E-state index contributed by atoms with van der Waals surface area (Å²) < 4.78 is 1.59. The number of nitro groups is 1. The van der Waals surface area contributed by atoms with Gasteiger partial charge >= 0.3 is 0 Å². The van der Waals surface area contributed by atoms with E-state index < -0.39 is 4.92 Å². The van der Waals surface area contributed by atoms with E-state index in [4.69, 9.17) is 0 Å². The number of amides is 2. The van der Waals surface area contributed by atoms with Crippen molar-refractivity contribution in [3.8, 4) is 0 Å². The van der Waals surface area contributed by atoms with E-state index in [1.54, 1.807) is 18.2 Å². The average Bonchev–Trinajstić information content (AvgIpc) is 3.24. The van der Waals surface area contributed by atoms with Gasteiger partial charge in [0.2, 0.25) is 11.8 Å². The maximum absolute atomic E-state index is 12.2. The van der Waals surface area contributed by atoms with E-state index in [1.165, 1.54) is 47.4 Å². The molecule has 2 N–H and O–H groups in total. The van der Waals surface area contributed by atoms with Crippen molar-refractivity contribution in [3.63, 3.8) is 0 Å². The normalized spacial score (nSPS) is 10.9. The van der Waals surface area contributed by atoms with Gasteiger partial charge in [-0.1, -0.05) is 48.2 Å². The Kier molecular flexibility index (Phi) is 7.31. The zero-order valence-electron chi connectivity index (χ0n) is 17.6. The number of rotatable bonds is 8. The Morgan fingerprint density at radius 2 is 1.79 bits per heavy atom. The Morgan fingerprint density at radius 3 is 2.59 bits per heavy atom. The molecule has 0 unspecified atom stereocenters. The third-order valence-electron chi connectivity index (χ3n) is 4.53. The maximum atomic E-state index is 12.2. The Hall–Kier alpha value is -4.02. The minimum absolute atomic E-state index is 0.0879. The summed E-state index contributed by atoms with van der Waals surface area (Å²) >= 11 is 2.69. The topological polar surface area (TPSA) is 114 Å². The Labute approximate surface area is 202 Å². The van der Waals surface area contributed by atoms with Crippen LogP contribution in [0, 0.1) is 10.1 Å². The molecular weight excluding hydrogens is 472 g/mol. The second-order valence-corrected chi connectivity index (χ2v) is 9.29. The van der Waals surface area contributed by atoms with Crippen LogP contribution in [0.25, 0.3) is 16.3 Å². The third kappa shape index (κ3) is 6.27. The number of anilines is 2. The Balaban J connectivity index is 1.34. The highest BCUT2D eigenvalue weighted by atomic mass is 32.2. The van der Waals surface area contributed by atoms with Gasteiger partial charge < -0.3 is 10.6 Å². The van der Waals surface area contributed by atoms with E-state index in [-0.39, 0.29) is 23.3 Å². The van der Waals surface area contributed by atoms with Gasteiger partial charge in [-0.05, 0) is 35.9 Å². The van der Waals surface area contributed by atoms with Gasteiger partial charge in [-0.3, -0.25) is 19.7 Å². The second kappa shape index (κ2) is 10.7. The number of hydrogen-bond donors (Lipinski definition) is 2. The lowest BCUT2D eigenvalue weighted by molar-refractivity contribution is -0.384. The summed E-state index contributed by atoms with van der Waals surface area (Å²) in [6, 6.07) is 20.8. The summed E-state index contributed by atoms with van der Waals surface area (Å²) in [4.78, 5) is 39.3. The number of benzene rings is 3. The number of nitrogens with zero attached hydrogens (tertiary/aromatic N) is 2. The van der Waals surface area contributed by atoms with Crippen LogP contribution in [0.5, 0.6) is 0 Å². The number of carbonyl (C=O) groups is 2. The molecular formula is C24H18N4O4S2. The summed E-state index contributed by atoms with van der Waals surface area (Å²) in [5.74, 6) is -0.417. The molecule has 1 aromatic heterocycles. The Morgan fingerprint density at radius 1 is 1.00 bits per heavy atom. The molecule has 0 saturated heterocycles. The van der Waals surface area contributed by atoms with E-state index in [9.17, 15) is 19.7 Å². The lowest BCUT2D eigenvalue weighted by Gasteiger charge is -2.03. The highest BCUT2D eigenvalue weighted by molar-refractivity contribution is 8.01. The van der Waals surface area contributed by atoms with Crippen LogP contribution < -0.4 is 10.6 Å². The first-order valence-corrected chi connectivity index (χ1v) is 11.9. The van der Waals surface area contributed by atoms with Crippen LogP contribution in [0.1, 0.15) is 5.56 Å². The van der Waals surface area contributed by atoms with Gasteiger partial charge in [0.25, 0.3) is 5.69 Å². The number of carbonyl (C=O) groups excluding carboxylic acids is 2. The molecule has 2 amide bonds. The predicted molar refractivity (Wildman–Crippen MR) is 136 cm³/mol. The fourth-order valence-electron chi connectivity index (χ4n) is 2.98. The number of thiazole rings is 1. The van der Waals surface area contributed by atoms with Gasteiger partial charge in [0.15, 0.2) is 4.34 Å². The fraction of sp³-hybridized carbons (Fsp3) is 0.0417. The second-order valence-electron chi connectivity index (χ2n) is 7.04. The van der Waals surface area contributed by atoms with Crippen molar-refractivity contribution in [1.29, 1.82) is 0 Å². The van der Waals surface area contributed by atoms with Crippen LogP contribution in [0.2, 0.25) is 0 Å². The molecule has 10 heteroatoms. The number of nitro benzene ring substituents is 1. The predicted octanol–water partition coefficient (Wildman–Crippen LogP) is 5.59. The first kappa shape index (κ1) is 23.1. The first-order valence-electron chi connectivity index (χ1n) is 10.1. The van der Waals surface area contributed by atoms with E-state index in [1.807, 2.05) is 42.5 Å². The number of hydrogen-bond acceptors (Lipinski definition) is 7. The molecule has 0 spiro atoms. The third-order valence-corrected chi connectivity index (χ3v) is 6.69. The van der Waals surface area contributed by atoms with E-state index in [0.717, 1.165) is 15.8 Å². The van der Waals surface area contributed by atoms with Crippen LogP contribution >= 0.6 is 23.1 Å². The lowest BCUT2D eigenvalue weighted by Crippen LogP contribution is -2.13. The van der Waals surface area contributed by atoms with Crippen molar-refractivity contribution in [1.82, 2.24) is 4.98 Å². The van der Waals surface area contributed by atoms with E-state index in [0.29, 0.717) is 15.7 Å². The van der Waals surface area contributed by atoms with Crippen molar-refractivity contribution in [3.05, 3.63) is 94.6 Å². The smallest absolute Gasteiger partial charge is 0.271 e. The number of fused-ring (bicyclic) bond motifs is 1. The van der Waals surface area contributed by atoms with Crippen molar-refractivity contribution >= 4 is 68.3 Å². The van der Waals surface area contributed by atoms with Crippen LogP contribution in [0.15, 0.2) is 83.2 Å². The van der Waals surface area contributed by atoms with Gasteiger partial charge in [-0.2, -0.15) is 0 Å². The molecule has 4 aromatic rings. The van der Waals surface area contributed by atoms with Crippen LogP contribution in [0.4, 0.5) is 17.1 Å². The minimum atomic E-state index is -0.512. The highest BCUT2D eigenvalue weighted by Crippen LogP contribution is 2.31. The van der Waals surface area contributed by atoms with Gasteiger partial charge in [0.1, 0.15) is 0 Å². The molecule has 0 bridgehead atoms. The number of thioether (sulfide) groups is 1. The SMILES string of the molecule is O=C(/C=C/c1ccccc1)Nc1ccc2nc(SCC(=O)Nc3cccc([N+](=O)[O-])c3)sc2c1. The lowest BCUT2D eigenvalue weighted by atomic mass is 10.2. The summed E-state index contributed by atoms with van der Waals surface area (Å²) in [5, 5.41) is 16.4. The van der Waals surface area contributed by atoms with Gasteiger partial charge in [0, 0.05) is 29.6 Å². The summed E-state index contributed by atoms with van der Waals surface area (Å²) in [5.41, 5.74) is 2.64. The molecule has 0 atom stereocenters. The van der Waals surface area contributed by atoms with Crippen LogP contribution in [0.3, 0.4) is 0 Å². The number of non-ortho nitro benzene ring substituents is 1. The molecule has 0 aliphatic rings. The number of nitrogens with one attached hydrogen (secondary N) is 2. The number of aromatic nitrogens is 1. The van der Waals surface area contributed by atoms with Crippen molar-refractivity contribution in [2.24, 2.45) is 0 Å². The summed E-state index contributed by atoms with van der Waals surface area (Å²) in [6.07, 6.45) is 3.22. The molecule has 3 aromatic carbocycles. The van der Waals surface area contributed by atoms with Crippen LogP contribution in [-0.2, 0) is 9.59 Å². The summed E-state index contributed by atoms with van der Waals surface area (Å²) in [6.45, 7) is 0.